The number of phenols is 1. The van der Waals surface area contributed by atoms with Crippen LogP contribution in [-0.2, 0) is 10.0 Å². The molecule has 0 saturated carbocycles. The second kappa shape index (κ2) is 8.03. The van der Waals surface area contributed by atoms with Gasteiger partial charge in [-0.05, 0) is 36.8 Å². The minimum Gasteiger partial charge on any atom is -0.507 e. The van der Waals surface area contributed by atoms with E-state index in [9.17, 15) is 18.3 Å². The van der Waals surface area contributed by atoms with Gasteiger partial charge in [-0.3, -0.25) is 4.72 Å². The Labute approximate surface area is 155 Å². The Morgan fingerprint density at radius 3 is 2.58 bits per heavy atom. The molecular formula is C18H17NO5S2. The van der Waals surface area contributed by atoms with Crippen molar-refractivity contribution in [2.45, 2.75) is 11.1 Å². The van der Waals surface area contributed by atoms with Gasteiger partial charge in [-0.15, -0.1) is 11.3 Å². The van der Waals surface area contributed by atoms with E-state index in [0.717, 1.165) is 33.9 Å². The third-order valence-corrected chi connectivity index (χ3v) is 6.31. The molecule has 0 saturated heterocycles. The number of allylic oxidation sites excluding steroid dienone is 5. The lowest BCUT2D eigenvalue weighted by Gasteiger charge is -2.08. The standard InChI is InChI=1S/C18H17NO5S2/c1-3-5-6-12(4-2)16-9-10-17(25-16)26(23,24)19-13-7-8-14(18(21)22)15(20)11-13/h3-11,19-20H,2H2,1H3,(H,21,22). The first-order chi connectivity index (χ1) is 12.3. The van der Waals surface area contributed by atoms with E-state index in [-0.39, 0.29) is 15.5 Å². The molecule has 0 spiro atoms. The first-order valence-electron chi connectivity index (χ1n) is 7.43. The van der Waals surface area contributed by atoms with Gasteiger partial charge >= 0.3 is 5.97 Å². The van der Waals surface area contributed by atoms with E-state index in [1.54, 1.807) is 12.1 Å². The number of carbonyl (C=O) groups is 1. The maximum absolute atomic E-state index is 12.5. The van der Waals surface area contributed by atoms with Crippen molar-refractivity contribution in [2.75, 3.05) is 4.72 Å². The van der Waals surface area contributed by atoms with Crippen molar-refractivity contribution < 1.29 is 23.4 Å². The molecule has 1 aromatic heterocycles. The van der Waals surface area contributed by atoms with Gasteiger partial charge in [-0.25, -0.2) is 13.2 Å². The van der Waals surface area contributed by atoms with Crippen molar-refractivity contribution in [3.8, 4) is 5.75 Å². The van der Waals surface area contributed by atoms with Crippen LogP contribution in [0.5, 0.6) is 5.75 Å². The quantitative estimate of drug-likeness (QED) is 0.617. The van der Waals surface area contributed by atoms with Crippen LogP contribution in [0.3, 0.4) is 0 Å². The summed E-state index contributed by atoms with van der Waals surface area (Å²) in [7, 11) is -3.87. The van der Waals surface area contributed by atoms with Gasteiger partial charge in [0.15, 0.2) is 0 Å². The number of nitrogens with one attached hydrogen (secondary N) is 1. The molecule has 0 amide bonds. The highest BCUT2D eigenvalue weighted by molar-refractivity contribution is 7.94. The van der Waals surface area contributed by atoms with E-state index < -0.39 is 21.7 Å². The van der Waals surface area contributed by atoms with Crippen molar-refractivity contribution in [1.29, 1.82) is 0 Å². The molecule has 0 fully saturated rings. The molecule has 0 radical (unpaired) electrons. The normalized spacial score (nSPS) is 12.3. The number of carboxylic acid groups (broad SMARTS) is 1. The highest BCUT2D eigenvalue weighted by Gasteiger charge is 2.19. The van der Waals surface area contributed by atoms with Crippen LogP contribution in [0.25, 0.3) is 5.57 Å². The fourth-order valence-electron chi connectivity index (χ4n) is 2.05. The molecule has 26 heavy (non-hydrogen) atoms. The molecule has 0 unspecified atom stereocenters. The van der Waals surface area contributed by atoms with E-state index in [4.69, 9.17) is 5.11 Å². The largest absolute Gasteiger partial charge is 0.507 e. The number of hydrogen-bond acceptors (Lipinski definition) is 5. The number of thiophene rings is 1. The molecule has 0 atom stereocenters. The number of aromatic hydroxyl groups is 1. The summed E-state index contributed by atoms with van der Waals surface area (Å²) in [5, 5.41) is 18.6. The van der Waals surface area contributed by atoms with Crippen molar-refractivity contribution in [3.63, 3.8) is 0 Å². The smallest absolute Gasteiger partial charge is 0.339 e. The lowest BCUT2D eigenvalue weighted by atomic mass is 10.2. The summed E-state index contributed by atoms with van der Waals surface area (Å²) in [6.45, 7) is 5.60. The summed E-state index contributed by atoms with van der Waals surface area (Å²) < 4.78 is 27.4. The summed E-state index contributed by atoms with van der Waals surface area (Å²) in [6.07, 6.45) is 7.14. The molecule has 0 aliphatic carbocycles. The summed E-state index contributed by atoms with van der Waals surface area (Å²) in [6, 6.07) is 6.61. The van der Waals surface area contributed by atoms with Crippen LogP contribution in [0.4, 0.5) is 5.69 Å². The number of sulfonamides is 1. The molecule has 0 bridgehead atoms. The van der Waals surface area contributed by atoms with Crippen molar-refractivity contribution in [1.82, 2.24) is 0 Å². The number of anilines is 1. The molecule has 8 heteroatoms. The van der Waals surface area contributed by atoms with Crippen LogP contribution in [0, 0.1) is 0 Å². The van der Waals surface area contributed by atoms with Crippen molar-refractivity contribution in [2.24, 2.45) is 0 Å². The van der Waals surface area contributed by atoms with Gasteiger partial charge < -0.3 is 10.2 Å². The number of benzene rings is 1. The minimum atomic E-state index is -3.87. The van der Waals surface area contributed by atoms with E-state index in [1.165, 1.54) is 12.1 Å². The number of hydrogen-bond donors (Lipinski definition) is 3. The summed E-state index contributed by atoms with van der Waals surface area (Å²) >= 11 is 1.07. The first-order valence-corrected chi connectivity index (χ1v) is 9.73. The van der Waals surface area contributed by atoms with Crippen molar-refractivity contribution >= 4 is 38.6 Å². The monoisotopic (exact) mass is 391 g/mol. The average molecular weight is 391 g/mol. The molecule has 0 aliphatic heterocycles. The molecule has 136 valence electrons. The SMILES string of the molecule is C=CC(=CC=CC)c1ccc(S(=O)(=O)Nc2ccc(C(=O)O)c(O)c2)s1. The second-order valence-electron chi connectivity index (χ2n) is 5.11. The van der Waals surface area contributed by atoms with Crippen LogP contribution in [0.2, 0.25) is 0 Å². The number of aromatic carboxylic acids is 1. The van der Waals surface area contributed by atoms with Crippen LogP contribution in [0.15, 0.2) is 65.4 Å². The van der Waals surface area contributed by atoms with Crippen LogP contribution < -0.4 is 4.72 Å². The van der Waals surface area contributed by atoms with Gasteiger partial charge in [0, 0.05) is 10.9 Å². The van der Waals surface area contributed by atoms with E-state index in [0.29, 0.717) is 0 Å². The van der Waals surface area contributed by atoms with E-state index in [1.807, 2.05) is 25.2 Å². The molecule has 1 heterocycles. The molecular weight excluding hydrogens is 374 g/mol. The number of carboxylic acids is 1. The molecule has 0 aliphatic rings. The zero-order valence-electron chi connectivity index (χ0n) is 13.8. The average Bonchev–Trinajstić information content (AvgIpc) is 3.06. The Morgan fingerprint density at radius 1 is 1.27 bits per heavy atom. The third kappa shape index (κ3) is 4.41. The summed E-state index contributed by atoms with van der Waals surface area (Å²) in [5.41, 5.74) is 0.546. The van der Waals surface area contributed by atoms with Crippen LogP contribution in [-0.4, -0.2) is 24.6 Å². The van der Waals surface area contributed by atoms with Crippen LogP contribution in [0.1, 0.15) is 22.2 Å². The first kappa shape index (κ1) is 19.5. The predicted molar refractivity (Wildman–Crippen MR) is 103 cm³/mol. The Balaban J connectivity index is 2.30. The van der Waals surface area contributed by atoms with E-state index >= 15 is 0 Å². The molecule has 2 aromatic rings. The topological polar surface area (TPSA) is 104 Å². The molecule has 1 aromatic carbocycles. The Bertz CT molecular complexity index is 1000. The van der Waals surface area contributed by atoms with E-state index in [2.05, 4.69) is 11.3 Å². The zero-order chi connectivity index (χ0) is 19.3. The highest BCUT2D eigenvalue weighted by atomic mass is 32.2. The van der Waals surface area contributed by atoms with Crippen LogP contribution >= 0.6 is 11.3 Å². The van der Waals surface area contributed by atoms with Gasteiger partial charge in [0.1, 0.15) is 15.5 Å². The van der Waals surface area contributed by atoms with Gasteiger partial charge in [-0.2, -0.15) is 0 Å². The molecule has 6 nitrogen and oxygen atoms in total. The lowest BCUT2D eigenvalue weighted by Crippen LogP contribution is -2.11. The van der Waals surface area contributed by atoms with Gasteiger partial charge in [0.2, 0.25) is 0 Å². The van der Waals surface area contributed by atoms with Gasteiger partial charge in [-0.1, -0.05) is 30.9 Å². The maximum Gasteiger partial charge on any atom is 0.339 e. The zero-order valence-corrected chi connectivity index (χ0v) is 15.5. The summed E-state index contributed by atoms with van der Waals surface area (Å²) in [4.78, 5) is 11.6. The maximum atomic E-state index is 12.5. The highest BCUT2D eigenvalue weighted by Crippen LogP contribution is 2.30. The summed E-state index contributed by atoms with van der Waals surface area (Å²) in [5.74, 6) is -1.82. The number of rotatable bonds is 7. The van der Waals surface area contributed by atoms with Gasteiger partial charge in [0.25, 0.3) is 10.0 Å². The Hall–Kier alpha value is -2.84. The minimum absolute atomic E-state index is 0.0656. The van der Waals surface area contributed by atoms with Gasteiger partial charge in [0.05, 0.1) is 5.69 Å². The Kier molecular flexibility index (Phi) is 6.01. The predicted octanol–water partition coefficient (Wildman–Crippen LogP) is 4.10. The molecule has 3 N–H and O–H groups in total. The fourth-order valence-corrected chi connectivity index (χ4v) is 4.43. The lowest BCUT2D eigenvalue weighted by molar-refractivity contribution is 0.0694. The Morgan fingerprint density at radius 2 is 2.00 bits per heavy atom. The molecule has 2 rings (SSSR count). The third-order valence-electron chi connectivity index (χ3n) is 3.30. The fraction of sp³-hybridized carbons (Fsp3) is 0.0556. The second-order valence-corrected chi connectivity index (χ2v) is 8.11. The van der Waals surface area contributed by atoms with Crippen molar-refractivity contribution in [3.05, 3.63) is 71.7 Å².